The van der Waals surface area contributed by atoms with Gasteiger partial charge in [-0.3, -0.25) is 0 Å². The number of para-hydroxylation sites is 2. The van der Waals surface area contributed by atoms with E-state index in [2.05, 4.69) is 14.7 Å². The van der Waals surface area contributed by atoms with E-state index < -0.39 is 11.9 Å². The molecule has 8 heteroatoms. The number of nitrogens with zero attached hydrogens (tertiary/aromatic N) is 2. The smallest absolute Gasteiger partial charge is 0.340 e. The Morgan fingerprint density at radius 1 is 0.920 bits per heavy atom. The summed E-state index contributed by atoms with van der Waals surface area (Å²) in [5.41, 5.74) is 2.60. The number of aromatic carboxylic acids is 1. The number of hydrogen-bond donors (Lipinski definition) is 1. The molecule has 2 aromatic heterocycles. The molecule has 0 atom stereocenters. The van der Waals surface area contributed by atoms with Gasteiger partial charge in [0, 0.05) is 0 Å². The quantitative estimate of drug-likeness (QED) is 0.553. The summed E-state index contributed by atoms with van der Waals surface area (Å²) in [5.74, 6) is -1.39. The van der Waals surface area contributed by atoms with Crippen molar-refractivity contribution in [2.24, 2.45) is 0 Å². The molecular formula is C17H12N2O6. The van der Waals surface area contributed by atoms with E-state index in [1.807, 2.05) is 0 Å². The normalized spacial score (nSPS) is 10.3. The molecule has 1 N–H and O–H groups in total. The van der Waals surface area contributed by atoms with Crippen LogP contribution < -0.4 is 0 Å². The number of hydrogen-bond acceptors (Lipinski definition) is 7. The highest BCUT2D eigenvalue weighted by atomic mass is 16.5. The lowest BCUT2D eigenvalue weighted by Gasteiger charge is -1.97. The highest BCUT2D eigenvalue weighted by Gasteiger charge is 2.12. The molecule has 25 heavy (non-hydrogen) atoms. The monoisotopic (exact) mass is 340 g/mol. The van der Waals surface area contributed by atoms with Crippen LogP contribution in [0.3, 0.4) is 0 Å². The van der Waals surface area contributed by atoms with Gasteiger partial charge < -0.3 is 18.7 Å². The molecule has 4 aromatic rings. The van der Waals surface area contributed by atoms with Crippen LogP contribution in [0.25, 0.3) is 22.2 Å². The van der Waals surface area contributed by atoms with Crippen molar-refractivity contribution in [3.05, 3.63) is 60.3 Å². The lowest BCUT2D eigenvalue weighted by molar-refractivity contribution is 0.0601. The minimum atomic E-state index is -0.991. The molecule has 0 aliphatic heterocycles. The number of carbonyl (C=O) groups excluding carboxylic acids is 1. The van der Waals surface area contributed by atoms with Crippen LogP contribution in [0, 0.1) is 0 Å². The van der Waals surface area contributed by atoms with E-state index in [0.717, 1.165) is 0 Å². The zero-order valence-electron chi connectivity index (χ0n) is 13.0. The maximum atomic E-state index is 11.2. The summed E-state index contributed by atoms with van der Waals surface area (Å²) in [4.78, 5) is 29.6. The van der Waals surface area contributed by atoms with Gasteiger partial charge in [-0.05, 0) is 24.3 Å². The number of benzene rings is 2. The molecule has 0 unspecified atom stereocenters. The predicted molar refractivity (Wildman–Crippen MR) is 86.3 cm³/mol. The number of esters is 1. The summed E-state index contributed by atoms with van der Waals surface area (Å²) in [6.07, 6.45) is 2.54. The van der Waals surface area contributed by atoms with E-state index in [0.29, 0.717) is 27.8 Å². The molecular weight excluding hydrogens is 328 g/mol. The molecule has 0 spiro atoms. The van der Waals surface area contributed by atoms with E-state index in [4.69, 9.17) is 13.9 Å². The van der Waals surface area contributed by atoms with Crippen molar-refractivity contribution >= 4 is 34.1 Å². The predicted octanol–water partition coefficient (Wildman–Crippen LogP) is 3.14. The highest BCUT2D eigenvalue weighted by molar-refractivity contribution is 6.01. The minimum absolute atomic E-state index is 0.168. The maximum Gasteiger partial charge on any atom is 0.340 e. The summed E-state index contributed by atoms with van der Waals surface area (Å²) >= 11 is 0. The Morgan fingerprint density at radius 2 is 1.44 bits per heavy atom. The average Bonchev–Trinajstić information content (AvgIpc) is 3.29. The Labute approximate surface area is 140 Å². The van der Waals surface area contributed by atoms with Crippen molar-refractivity contribution in [2.45, 2.75) is 0 Å². The van der Waals surface area contributed by atoms with Gasteiger partial charge in [0.15, 0.2) is 24.0 Å². The third kappa shape index (κ3) is 3.18. The lowest BCUT2D eigenvalue weighted by Crippen LogP contribution is -2.01. The van der Waals surface area contributed by atoms with E-state index in [1.54, 1.807) is 30.3 Å². The largest absolute Gasteiger partial charge is 0.478 e. The maximum absolute atomic E-state index is 11.2. The van der Waals surface area contributed by atoms with Gasteiger partial charge >= 0.3 is 11.9 Å². The molecule has 0 saturated heterocycles. The molecule has 0 fully saturated rings. The Balaban J connectivity index is 0.000000146. The number of aromatic nitrogens is 2. The molecule has 0 aliphatic rings. The number of carbonyl (C=O) groups is 2. The Hall–Kier alpha value is -3.68. The molecule has 2 heterocycles. The molecule has 0 radical (unpaired) electrons. The Kier molecular flexibility index (Phi) is 4.42. The van der Waals surface area contributed by atoms with Crippen molar-refractivity contribution in [3.8, 4) is 0 Å². The van der Waals surface area contributed by atoms with Crippen molar-refractivity contribution in [1.82, 2.24) is 9.97 Å². The number of ether oxygens (including phenoxy) is 1. The molecule has 2 aromatic carbocycles. The van der Waals surface area contributed by atoms with E-state index in [-0.39, 0.29) is 5.56 Å². The lowest BCUT2D eigenvalue weighted by atomic mass is 10.2. The van der Waals surface area contributed by atoms with Gasteiger partial charge in [0.1, 0.15) is 11.0 Å². The molecule has 8 nitrogen and oxygen atoms in total. The van der Waals surface area contributed by atoms with Gasteiger partial charge in [-0.2, -0.15) is 0 Å². The second kappa shape index (κ2) is 6.83. The average molecular weight is 340 g/mol. The zero-order valence-corrected chi connectivity index (χ0v) is 13.0. The van der Waals surface area contributed by atoms with E-state index >= 15 is 0 Å². The summed E-state index contributed by atoms with van der Waals surface area (Å²) < 4.78 is 14.6. The van der Waals surface area contributed by atoms with Gasteiger partial charge in [0.05, 0.1) is 18.2 Å². The van der Waals surface area contributed by atoms with Crippen LogP contribution in [0.2, 0.25) is 0 Å². The van der Waals surface area contributed by atoms with Crippen LogP contribution in [0.15, 0.2) is 58.0 Å². The third-order valence-electron chi connectivity index (χ3n) is 3.36. The van der Waals surface area contributed by atoms with Crippen LogP contribution in [0.1, 0.15) is 20.7 Å². The van der Waals surface area contributed by atoms with Crippen molar-refractivity contribution in [3.63, 3.8) is 0 Å². The first-order valence-electron chi connectivity index (χ1n) is 7.08. The van der Waals surface area contributed by atoms with Crippen LogP contribution in [-0.2, 0) is 4.74 Å². The van der Waals surface area contributed by atoms with E-state index in [1.165, 1.54) is 26.0 Å². The first-order valence-corrected chi connectivity index (χ1v) is 7.08. The number of rotatable bonds is 2. The molecule has 0 aliphatic carbocycles. The molecule has 4 rings (SSSR count). The summed E-state index contributed by atoms with van der Waals surface area (Å²) in [6.45, 7) is 0. The zero-order chi connectivity index (χ0) is 17.8. The van der Waals surface area contributed by atoms with Gasteiger partial charge in [-0.1, -0.05) is 12.1 Å². The summed E-state index contributed by atoms with van der Waals surface area (Å²) in [6, 6.07) is 9.91. The number of carboxylic acid groups (broad SMARTS) is 1. The summed E-state index contributed by atoms with van der Waals surface area (Å²) in [5, 5.41) is 8.72. The van der Waals surface area contributed by atoms with Crippen LogP contribution in [0.4, 0.5) is 0 Å². The fourth-order valence-electron chi connectivity index (χ4n) is 2.22. The van der Waals surface area contributed by atoms with Gasteiger partial charge in [0.2, 0.25) is 0 Å². The number of methoxy groups -OCH3 is 1. The second-order valence-corrected chi connectivity index (χ2v) is 4.81. The number of carboxylic acids is 1. The molecule has 126 valence electrons. The fraction of sp³-hybridized carbons (Fsp3) is 0.0588. The molecule has 0 amide bonds. The first kappa shape index (κ1) is 16.2. The van der Waals surface area contributed by atoms with Crippen molar-refractivity contribution in [2.75, 3.05) is 7.11 Å². The third-order valence-corrected chi connectivity index (χ3v) is 3.36. The first-order chi connectivity index (χ1) is 12.1. The van der Waals surface area contributed by atoms with Crippen molar-refractivity contribution < 1.29 is 28.3 Å². The topological polar surface area (TPSA) is 116 Å². The Morgan fingerprint density at radius 3 is 1.96 bits per heavy atom. The van der Waals surface area contributed by atoms with Gasteiger partial charge in [-0.25, -0.2) is 19.6 Å². The standard InChI is InChI=1S/C9H7NO3.C8H5NO3/c1-12-9(11)6-3-2-4-7-8(6)10-5-13-7;10-8(11)5-2-1-3-6-7(5)9-4-12-6/h2-5H,1H3;1-4H,(H,10,11). The SMILES string of the molecule is COC(=O)c1cccc2ocnc12.O=C(O)c1cccc2ocnc12. The number of fused-ring (bicyclic) bond motifs is 2. The van der Waals surface area contributed by atoms with Crippen LogP contribution in [0.5, 0.6) is 0 Å². The van der Waals surface area contributed by atoms with Crippen molar-refractivity contribution in [1.29, 1.82) is 0 Å². The molecule has 0 bridgehead atoms. The summed E-state index contributed by atoms with van der Waals surface area (Å²) in [7, 11) is 1.33. The van der Waals surface area contributed by atoms with Crippen LogP contribution in [-0.4, -0.2) is 34.1 Å². The fourth-order valence-corrected chi connectivity index (χ4v) is 2.22. The molecule has 0 saturated carbocycles. The van der Waals surface area contributed by atoms with Crippen LogP contribution >= 0.6 is 0 Å². The number of oxazole rings is 2. The van der Waals surface area contributed by atoms with Gasteiger partial charge in [-0.15, -0.1) is 0 Å². The van der Waals surface area contributed by atoms with E-state index in [9.17, 15) is 9.59 Å². The minimum Gasteiger partial charge on any atom is -0.478 e. The highest BCUT2D eigenvalue weighted by Crippen LogP contribution is 2.17. The Bertz CT molecular complexity index is 1050. The van der Waals surface area contributed by atoms with Gasteiger partial charge in [0.25, 0.3) is 0 Å². The second-order valence-electron chi connectivity index (χ2n) is 4.81.